The van der Waals surface area contributed by atoms with Crippen molar-refractivity contribution in [2.45, 2.75) is 15.2 Å². The number of nitrogens with zero attached hydrogens (tertiary/aromatic N) is 4. The number of fused-ring (bicyclic) bond motifs is 14. The molecule has 4 nitrogen and oxygen atoms in total. The molecule has 0 bridgehead atoms. The van der Waals surface area contributed by atoms with Gasteiger partial charge < -0.3 is 0 Å². The molecule has 0 N–H and O–H groups in total. The van der Waals surface area contributed by atoms with Crippen molar-refractivity contribution in [2.24, 2.45) is 0 Å². The molecule has 1 aliphatic heterocycles. The molecule has 1 aliphatic carbocycles. The van der Waals surface area contributed by atoms with E-state index in [1.54, 1.807) is 0 Å². The van der Waals surface area contributed by atoms with Crippen LogP contribution in [-0.2, 0) is 5.41 Å². The van der Waals surface area contributed by atoms with Crippen LogP contribution in [0.25, 0.3) is 72.4 Å². The Bertz CT molecular complexity index is 3080. The summed E-state index contributed by atoms with van der Waals surface area (Å²) in [6.07, 6.45) is 0. The van der Waals surface area contributed by atoms with Gasteiger partial charge in [-0.2, -0.15) is 9.97 Å². The quantitative estimate of drug-likeness (QED) is 0.182. The monoisotopic (exact) mass is 718 g/mol. The zero-order chi connectivity index (χ0) is 36.1. The van der Waals surface area contributed by atoms with E-state index < -0.39 is 5.41 Å². The van der Waals surface area contributed by atoms with E-state index in [4.69, 9.17) is 15.0 Å². The molecule has 0 amide bonds. The first kappa shape index (κ1) is 30.6. The molecule has 8 aromatic carbocycles. The predicted octanol–water partition coefficient (Wildman–Crippen LogP) is 12.3. The van der Waals surface area contributed by atoms with Gasteiger partial charge >= 0.3 is 0 Å². The molecule has 55 heavy (non-hydrogen) atoms. The van der Waals surface area contributed by atoms with Crippen LogP contribution in [-0.4, -0.2) is 19.5 Å². The van der Waals surface area contributed by atoms with Crippen LogP contribution >= 0.6 is 11.8 Å². The summed E-state index contributed by atoms with van der Waals surface area (Å²) < 4.78 is 2.27. The van der Waals surface area contributed by atoms with E-state index >= 15 is 0 Å². The third kappa shape index (κ3) is 4.27. The average Bonchev–Trinajstić information content (AvgIpc) is 3.74. The number of aromatic nitrogens is 4. The molecular formula is C50H30N4S. The van der Waals surface area contributed by atoms with Gasteiger partial charge in [-0.05, 0) is 68.4 Å². The highest BCUT2D eigenvalue weighted by molar-refractivity contribution is 7.99. The summed E-state index contributed by atoms with van der Waals surface area (Å²) >= 11 is 1.86. The molecule has 0 saturated carbocycles. The van der Waals surface area contributed by atoms with E-state index in [9.17, 15) is 0 Å². The van der Waals surface area contributed by atoms with Gasteiger partial charge in [-0.3, -0.25) is 4.57 Å². The van der Waals surface area contributed by atoms with Gasteiger partial charge in [-0.25, -0.2) is 4.98 Å². The van der Waals surface area contributed by atoms with Crippen molar-refractivity contribution in [3.8, 4) is 39.9 Å². The van der Waals surface area contributed by atoms with Crippen molar-refractivity contribution in [3.63, 3.8) is 0 Å². The van der Waals surface area contributed by atoms with E-state index in [2.05, 4.69) is 150 Å². The lowest BCUT2D eigenvalue weighted by Gasteiger charge is -2.39. The zero-order valence-corrected chi connectivity index (χ0v) is 30.3. The van der Waals surface area contributed by atoms with Crippen molar-refractivity contribution in [1.82, 2.24) is 19.5 Å². The first-order chi connectivity index (χ1) is 27.3. The first-order valence-corrected chi connectivity index (χ1v) is 19.4. The van der Waals surface area contributed by atoms with Crippen molar-refractivity contribution in [2.75, 3.05) is 0 Å². The Morgan fingerprint density at radius 1 is 0.418 bits per heavy atom. The van der Waals surface area contributed by atoms with Crippen LogP contribution < -0.4 is 0 Å². The molecule has 256 valence electrons. The summed E-state index contributed by atoms with van der Waals surface area (Å²) in [7, 11) is 0. The maximum atomic E-state index is 5.26. The Hall–Kier alpha value is -6.82. The Morgan fingerprint density at radius 2 is 1.00 bits per heavy atom. The van der Waals surface area contributed by atoms with Gasteiger partial charge in [0.05, 0.1) is 16.4 Å². The highest BCUT2D eigenvalue weighted by atomic mass is 32.2. The summed E-state index contributed by atoms with van der Waals surface area (Å²) in [6.45, 7) is 0. The Morgan fingerprint density at radius 3 is 1.69 bits per heavy atom. The third-order valence-electron chi connectivity index (χ3n) is 11.5. The van der Waals surface area contributed by atoms with E-state index in [1.807, 2.05) is 48.2 Å². The molecule has 2 aromatic heterocycles. The van der Waals surface area contributed by atoms with Crippen LogP contribution in [0.2, 0.25) is 0 Å². The van der Waals surface area contributed by atoms with E-state index in [-0.39, 0.29) is 0 Å². The van der Waals surface area contributed by atoms with E-state index in [1.165, 1.54) is 64.7 Å². The van der Waals surface area contributed by atoms with Gasteiger partial charge in [0.2, 0.25) is 5.95 Å². The molecule has 0 atom stereocenters. The second kappa shape index (κ2) is 11.6. The van der Waals surface area contributed by atoms with Crippen LogP contribution in [0.1, 0.15) is 22.3 Å². The van der Waals surface area contributed by atoms with Gasteiger partial charge in [0, 0.05) is 31.7 Å². The molecule has 12 rings (SSSR count). The minimum absolute atomic E-state index is 0.480. The second-order valence-electron chi connectivity index (χ2n) is 14.3. The van der Waals surface area contributed by atoms with Gasteiger partial charge in [-0.1, -0.05) is 169 Å². The van der Waals surface area contributed by atoms with Gasteiger partial charge in [0.25, 0.3) is 0 Å². The SMILES string of the molecule is c1ccc(-c2nc(-c3ccccc3)nc(-n3c4cc5c(cc4c4c6ccccc6ccc43)C3(c4ccccc4S5)c4ccccc4-c4ccccc43)n2)cc1. The molecule has 0 radical (unpaired) electrons. The van der Waals surface area contributed by atoms with E-state index in [0.29, 0.717) is 17.6 Å². The summed E-state index contributed by atoms with van der Waals surface area (Å²) in [5.41, 5.74) is 11.4. The number of hydrogen-bond acceptors (Lipinski definition) is 4. The second-order valence-corrected chi connectivity index (χ2v) is 15.4. The summed E-state index contributed by atoms with van der Waals surface area (Å²) in [5, 5.41) is 4.77. The normalized spacial score (nSPS) is 13.5. The van der Waals surface area contributed by atoms with Gasteiger partial charge in [0.15, 0.2) is 11.6 Å². The van der Waals surface area contributed by atoms with Crippen molar-refractivity contribution < 1.29 is 0 Å². The number of hydrogen-bond donors (Lipinski definition) is 0. The minimum atomic E-state index is -0.480. The first-order valence-electron chi connectivity index (χ1n) is 18.6. The maximum Gasteiger partial charge on any atom is 0.238 e. The largest absolute Gasteiger partial charge is 0.278 e. The summed E-state index contributed by atoms with van der Waals surface area (Å²) in [4.78, 5) is 18.1. The van der Waals surface area contributed by atoms with Crippen LogP contribution in [0, 0.1) is 0 Å². The third-order valence-corrected chi connectivity index (χ3v) is 12.6. The molecule has 10 aromatic rings. The fourth-order valence-electron chi connectivity index (χ4n) is 9.25. The Kier molecular flexibility index (Phi) is 6.45. The zero-order valence-electron chi connectivity index (χ0n) is 29.5. The van der Waals surface area contributed by atoms with Crippen LogP contribution in [0.15, 0.2) is 192 Å². The van der Waals surface area contributed by atoms with Crippen LogP contribution in [0.5, 0.6) is 0 Å². The molecule has 0 fully saturated rings. The van der Waals surface area contributed by atoms with E-state index in [0.717, 1.165) is 22.2 Å². The molecule has 1 spiro atoms. The highest BCUT2D eigenvalue weighted by Crippen LogP contribution is 2.62. The topological polar surface area (TPSA) is 43.6 Å². The lowest BCUT2D eigenvalue weighted by molar-refractivity contribution is 0.724. The standard InChI is InChI=1S/C50H30N4S/c1-3-16-32(17-4-1)47-51-48(33-18-5-2-6-19-33)53-49(52-47)54-42-28-27-31-15-7-8-20-34(31)46(42)37-29-41-45(30-43(37)54)55-44-26-14-13-25-40(44)50(41)38-23-11-9-21-35(38)36-22-10-12-24-39(36)50/h1-30H. The van der Waals surface area contributed by atoms with Gasteiger partial charge in [0.1, 0.15) is 0 Å². The molecule has 5 heteroatoms. The highest BCUT2D eigenvalue weighted by Gasteiger charge is 2.50. The smallest absolute Gasteiger partial charge is 0.238 e. The lowest BCUT2D eigenvalue weighted by Crippen LogP contribution is -2.32. The fourth-order valence-corrected chi connectivity index (χ4v) is 10.5. The Labute approximate surface area is 321 Å². The van der Waals surface area contributed by atoms with Crippen molar-refractivity contribution >= 4 is 44.3 Å². The van der Waals surface area contributed by atoms with Crippen LogP contribution in [0.4, 0.5) is 0 Å². The molecule has 3 heterocycles. The predicted molar refractivity (Wildman–Crippen MR) is 224 cm³/mol. The van der Waals surface area contributed by atoms with Crippen molar-refractivity contribution in [1.29, 1.82) is 0 Å². The lowest BCUT2D eigenvalue weighted by atomic mass is 9.67. The number of benzene rings is 8. The van der Waals surface area contributed by atoms with Crippen molar-refractivity contribution in [3.05, 3.63) is 204 Å². The summed E-state index contributed by atoms with van der Waals surface area (Å²) in [6, 6.07) is 65.5. The molecule has 2 aliphatic rings. The van der Waals surface area contributed by atoms with Gasteiger partial charge in [-0.15, -0.1) is 0 Å². The fraction of sp³-hybridized carbons (Fsp3) is 0.0200. The minimum Gasteiger partial charge on any atom is -0.278 e. The number of rotatable bonds is 3. The molecule has 0 saturated heterocycles. The average molecular weight is 719 g/mol. The van der Waals surface area contributed by atoms with Crippen LogP contribution in [0.3, 0.4) is 0 Å². The summed E-state index contributed by atoms with van der Waals surface area (Å²) in [5.74, 6) is 1.87. The Balaban J connectivity index is 1.23. The molecule has 0 unspecified atom stereocenters. The maximum absolute atomic E-state index is 5.26. The molecular weight excluding hydrogens is 689 g/mol.